The number of hydrogen-bond donors (Lipinski definition) is 0. The van der Waals surface area contributed by atoms with Gasteiger partial charge in [-0.2, -0.15) is 0 Å². The maximum atomic E-state index is 13.3. The molecule has 5 heteroatoms. The molecule has 2 fully saturated rings. The SMILES string of the molecule is Cc1ccccc1C(=O)N1CCSC12CCN(C(=O)c1ccc(C(C)(C)C)cc1)CC2. The van der Waals surface area contributed by atoms with Crippen molar-refractivity contribution in [3.63, 3.8) is 0 Å². The van der Waals surface area contributed by atoms with Crippen LogP contribution in [0, 0.1) is 6.92 Å². The highest BCUT2D eigenvalue weighted by atomic mass is 32.2. The Labute approximate surface area is 190 Å². The van der Waals surface area contributed by atoms with Crippen LogP contribution in [0.15, 0.2) is 48.5 Å². The summed E-state index contributed by atoms with van der Waals surface area (Å²) in [5.41, 5.74) is 3.87. The molecule has 31 heavy (non-hydrogen) atoms. The van der Waals surface area contributed by atoms with E-state index in [1.165, 1.54) is 5.56 Å². The van der Waals surface area contributed by atoms with Crippen LogP contribution < -0.4 is 0 Å². The molecule has 0 aliphatic carbocycles. The second kappa shape index (κ2) is 8.34. The molecular formula is C26H32N2O2S. The lowest BCUT2D eigenvalue weighted by Crippen LogP contribution is -2.53. The van der Waals surface area contributed by atoms with E-state index >= 15 is 0 Å². The van der Waals surface area contributed by atoms with Gasteiger partial charge in [-0.15, -0.1) is 11.8 Å². The van der Waals surface area contributed by atoms with Crippen molar-refractivity contribution in [3.05, 3.63) is 70.8 Å². The molecule has 0 atom stereocenters. The Balaban J connectivity index is 1.45. The van der Waals surface area contributed by atoms with E-state index in [4.69, 9.17) is 0 Å². The number of nitrogens with zero attached hydrogens (tertiary/aromatic N) is 2. The lowest BCUT2D eigenvalue weighted by molar-refractivity contribution is 0.0497. The lowest BCUT2D eigenvalue weighted by Gasteiger charge is -2.44. The highest BCUT2D eigenvalue weighted by molar-refractivity contribution is 8.00. The average molecular weight is 437 g/mol. The summed E-state index contributed by atoms with van der Waals surface area (Å²) >= 11 is 1.88. The van der Waals surface area contributed by atoms with Gasteiger partial charge in [0.1, 0.15) is 0 Å². The molecule has 0 bridgehead atoms. The van der Waals surface area contributed by atoms with Gasteiger partial charge in [0.25, 0.3) is 11.8 Å². The number of thioether (sulfide) groups is 1. The second-order valence-corrected chi connectivity index (χ2v) is 11.1. The summed E-state index contributed by atoms with van der Waals surface area (Å²) in [5, 5.41) is 0. The molecule has 2 amide bonds. The van der Waals surface area contributed by atoms with Crippen molar-refractivity contribution in [3.8, 4) is 0 Å². The largest absolute Gasteiger partial charge is 0.338 e. The molecule has 2 aliphatic rings. The molecule has 1 spiro atoms. The van der Waals surface area contributed by atoms with E-state index < -0.39 is 0 Å². The first-order valence-corrected chi connectivity index (χ1v) is 12.1. The minimum absolute atomic E-state index is 0.0753. The minimum Gasteiger partial charge on any atom is -0.338 e. The monoisotopic (exact) mass is 436 g/mol. The minimum atomic E-state index is -0.188. The van der Waals surface area contributed by atoms with Crippen molar-refractivity contribution in [1.29, 1.82) is 0 Å². The van der Waals surface area contributed by atoms with Crippen molar-refractivity contribution in [1.82, 2.24) is 9.80 Å². The third-order valence-electron chi connectivity index (χ3n) is 6.63. The van der Waals surface area contributed by atoms with E-state index in [2.05, 4.69) is 37.8 Å². The number of likely N-dealkylation sites (tertiary alicyclic amines) is 1. The Bertz CT molecular complexity index is 970. The van der Waals surface area contributed by atoms with Gasteiger partial charge in [-0.3, -0.25) is 9.59 Å². The summed E-state index contributed by atoms with van der Waals surface area (Å²) < 4.78 is 0. The van der Waals surface area contributed by atoms with Crippen LogP contribution in [0.2, 0.25) is 0 Å². The smallest absolute Gasteiger partial charge is 0.255 e. The third-order valence-corrected chi connectivity index (χ3v) is 8.18. The Morgan fingerprint density at radius 1 is 0.903 bits per heavy atom. The zero-order valence-electron chi connectivity index (χ0n) is 19.0. The maximum Gasteiger partial charge on any atom is 0.255 e. The van der Waals surface area contributed by atoms with Gasteiger partial charge in [-0.25, -0.2) is 0 Å². The van der Waals surface area contributed by atoms with E-state index in [-0.39, 0.29) is 22.1 Å². The molecule has 2 aromatic carbocycles. The van der Waals surface area contributed by atoms with Gasteiger partial charge < -0.3 is 9.80 Å². The number of hydrogen-bond acceptors (Lipinski definition) is 3. The molecule has 0 saturated carbocycles. The van der Waals surface area contributed by atoms with Gasteiger partial charge in [0.05, 0.1) is 4.87 Å². The maximum absolute atomic E-state index is 13.3. The normalized spacial score (nSPS) is 18.5. The zero-order valence-corrected chi connectivity index (χ0v) is 19.8. The van der Waals surface area contributed by atoms with Gasteiger partial charge in [-0.05, 0) is 54.5 Å². The number of benzene rings is 2. The first-order valence-electron chi connectivity index (χ1n) is 11.1. The molecule has 0 unspecified atom stereocenters. The first-order chi connectivity index (χ1) is 14.7. The highest BCUT2D eigenvalue weighted by Gasteiger charge is 2.47. The van der Waals surface area contributed by atoms with Crippen LogP contribution in [0.25, 0.3) is 0 Å². The summed E-state index contributed by atoms with van der Waals surface area (Å²) in [6.07, 6.45) is 1.64. The van der Waals surface area contributed by atoms with Crippen LogP contribution >= 0.6 is 11.8 Å². The Hall–Kier alpha value is -2.27. The molecule has 4 nitrogen and oxygen atoms in total. The molecule has 0 radical (unpaired) electrons. The third kappa shape index (κ3) is 4.25. The zero-order chi connectivity index (χ0) is 22.2. The van der Waals surface area contributed by atoms with Crippen molar-refractivity contribution < 1.29 is 9.59 Å². The van der Waals surface area contributed by atoms with Gasteiger partial charge in [0.2, 0.25) is 0 Å². The fourth-order valence-electron chi connectivity index (χ4n) is 4.62. The van der Waals surface area contributed by atoms with Gasteiger partial charge in [-0.1, -0.05) is 51.1 Å². The number of aryl methyl sites for hydroxylation is 1. The fourth-order valence-corrected chi connectivity index (χ4v) is 6.08. The summed E-state index contributed by atoms with van der Waals surface area (Å²) in [7, 11) is 0. The van der Waals surface area contributed by atoms with Crippen LogP contribution in [-0.4, -0.2) is 51.9 Å². The van der Waals surface area contributed by atoms with E-state index in [1.807, 2.05) is 60.0 Å². The van der Waals surface area contributed by atoms with Gasteiger partial charge in [0, 0.05) is 36.5 Å². The van der Waals surface area contributed by atoms with Crippen LogP contribution in [0.5, 0.6) is 0 Å². The average Bonchev–Trinajstić information content (AvgIpc) is 3.16. The molecule has 2 heterocycles. The van der Waals surface area contributed by atoms with Crippen LogP contribution in [0.3, 0.4) is 0 Å². The predicted octanol–water partition coefficient (Wildman–Crippen LogP) is 5.11. The number of carbonyl (C=O) groups is 2. The molecule has 164 valence electrons. The van der Waals surface area contributed by atoms with E-state index in [1.54, 1.807) is 0 Å². The number of amides is 2. The van der Waals surface area contributed by atoms with E-state index in [0.29, 0.717) is 13.1 Å². The molecule has 2 aromatic rings. The van der Waals surface area contributed by atoms with Crippen molar-refractivity contribution >= 4 is 23.6 Å². The highest BCUT2D eigenvalue weighted by Crippen LogP contribution is 2.44. The molecule has 0 N–H and O–H groups in total. The Morgan fingerprint density at radius 3 is 2.16 bits per heavy atom. The van der Waals surface area contributed by atoms with Crippen LogP contribution in [0.4, 0.5) is 0 Å². The Kier molecular flexibility index (Phi) is 5.91. The summed E-state index contributed by atoms with van der Waals surface area (Å²) in [5.74, 6) is 1.18. The van der Waals surface area contributed by atoms with Crippen molar-refractivity contribution in [2.24, 2.45) is 0 Å². The van der Waals surface area contributed by atoms with Crippen molar-refractivity contribution in [2.75, 3.05) is 25.4 Å². The number of piperidine rings is 1. The van der Waals surface area contributed by atoms with Crippen LogP contribution in [0.1, 0.15) is 65.5 Å². The quantitative estimate of drug-likeness (QED) is 0.656. The Morgan fingerprint density at radius 2 is 1.55 bits per heavy atom. The second-order valence-electron chi connectivity index (χ2n) is 9.69. The summed E-state index contributed by atoms with van der Waals surface area (Å²) in [4.78, 5) is 30.2. The van der Waals surface area contributed by atoms with E-state index in [9.17, 15) is 9.59 Å². The molecule has 2 aliphatic heterocycles. The number of carbonyl (C=O) groups excluding carboxylic acids is 2. The van der Waals surface area contributed by atoms with E-state index in [0.717, 1.165) is 41.8 Å². The topological polar surface area (TPSA) is 40.6 Å². The van der Waals surface area contributed by atoms with Crippen molar-refractivity contribution in [2.45, 2.75) is 50.8 Å². The summed E-state index contributed by atoms with van der Waals surface area (Å²) in [6, 6.07) is 15.9. The van der Waals surface area contributed by atoms with Gasteiger partial charge >= 0.3 is 0 Å². The predicted molar refractivity (Wildman–Crippen MR) is 128 cm³/mol. The molecule has 2 saturated heterocycles. The van der Waals surface area contributed by atoms with Crippen LogP contribution in [-0.2, 0) is 5.41 Å². The number of rotatable bonds is 2. The fraction of sp³-hybridized carbons (Fsp3) is 0.462. The van der Waals surface area contributed by atoms with Gasteiger partial charge in [0.15, 0.2) is 0 Å². The molecular weight excluding hydrogens is 404 g/mol. The standard InChI is InChI=1S/C26H32N2O2S/c1-19-7-5-6-8-22(19)24(30)28-17-18-31-26(28)13-15-27(16-14-26)23(29)20-9-11-21(12-10-20)25(2,3)4/h5-12H,13-18H2,1-4H3. The molecule has 4 rings (SSSR count). The lowest BCUT2D eigenvalue weighted by atomic mass is 9.86. The summed E-state index contributed by atoms with van der Waals surface area (Å²) in [6.45, 7) is 10.7. The molecule has 0 aromatic heterocycles. The first kappa shape index (κ1) is 21.9.